The molecule has 0 atom stereocenters. The Labute approximate surface area is 209 Å². The number of methoxy groups -OCH3 is 2. The number of sulfonamides is 1. The normalized spacial score (nSPS) is 10.9. The molecule has 0 aliphatic carbocycles. The molecular weight excluding hydrogens is 484 g/mol. The van der Waals surface area contributed by atoms with Gasteiger partial charge in [-0.05, 0) is 54.1 Å². The Hall–Kier alpha value is -4.56. The van der Waals surface area contributed by atoms with Gasteiger partial charge in [-0.3, -0.25) is 9.10 Å². The van der Waals surface area contributed by atoms with Gasteiger partial charge in [0.2, 0.25) is 0 Å². The summed E-state index contributed by atoms with van der Waals surface area (Å²) in [5.74, 6) is 0.528. The van der Waals surface area contributed by atoms with Gasteiger partial charge < -0.3 is 14.2 Å². The van der Waals surface area contributed by atoms with Crippen LogP contribution in [-0.2, 0) is 14.8 Å². The Kier molecular flexibility index (Phi) is 8.85. The van der Waals surface area contributed by atoms with Gasteiger partial charge in [-0.2, -0.15) is 10.4 Å². The van der Waals surface area contributed by atoms with Crippen molar-refractivity contribution in [1.29, 1.82) is 5.26 Å². The van der Waals surface area contributed by atoms with Crippen LogP contribution < -0.4 is 23.9 Å². The highest BCUT2D eigenvalue weighted by Crippen LogP contribution is 2.35. The van der Waals surface area contributed by atoms with Crippen molar-refractivity contribution in [2.75, 3.05) is 31.7 Å². The molecule has 3 aromatic carbocycles. The monoisotopic (exact) mass is 508 g/mol. The van der Waals surface area contributed by atoms with Gasteiger partial charge in [-0.1, -0.05) is 18.2 Å². The molecule has 0 aromatic heterocycles. The van der Waals surface area contributed by atoms with E-state index in [4.69, 9.17) is 19.5 Å². The second kappa shape index (κ2) is 12.2. The molecule has 0 aliphatic rings. The third-order valence-electron chi connectivity index (χ3n) is 4.86. The fraction of sp³-hybridized carbons (Fsp3) is 0.160. The molecule has 0 heterocycles. The summed E-state index contributed by atoms with van der Waals surface area (Å²) in [7, 11) is -1.26. The summed E-state index contributed by atoms with van der Waals surface area (Å²) < 4.78 is 43.7. The lowest BCUT2D eigenvalue weighted by molar-refractivity contribution is -0.119. The first-order valence-corrected chi connectivity index (χ1v) is 12.0. The molecule has 0 unspecified atom stereocenters. The van der Waals surface area contributed by atoms with Crippen LogP contribution in [0.15, 0.2) is 82.8 Å². The number of nitrogens with zero attached hydrogens (tertiary/aromatic N) is 3. The SMILES string of the molecule is COc1ccc(N(CC(=O)N/N=C/c2ccc(OCC#N)cc2)S(=O)(=O)c2ccccc2)c(OC)c1. The van der Waals surface area contributed by atoms with E-state index in [2.05, 4.69) is 10.5 Å². The predicted octanol–water partition coefficient (Wildman–Crippen LogP) is 2.95. The van der Waals surface area contributed by atoms with E-state index < -0.39 is 22.5 Å². The van der Waals surface area contributed by atoms with Crippen LogP contribution in [0.3, 0.4) is 0 Å². The zero-order valence-electron chi connectivity index (χ0n) is 19.6. The quantitative estimate of drug-likeness (QED) is 0.311. The molecule has 36 heavy (non-hydrogen) atoms. The van der Waals surface area contributed by atoms with Gasteiger partial charge in [0.05, 0.1) is 31.0 Å². The van der Waals surface area contributed by atoms with E-state index in [9.17, 15) is 13.2 Å². The maximum absolute atomic E-state index is 13.5. The fourth-order valence-electron chi connectivity index (χ4n) is 3.12. The maximum Gasteiger partial charge on any atom is 0.264 e. The molecule has 3 rings (SSSR count). The summed E-state index contributed by atoms with van der Waals surface area (Å²) >= 11 is 0. The lowest BCUT2D eigenvalue weighted by Crippen LogP contribution is -2.39. The number of ether oxygens (including phenoxy) is 3. The van der Waals surface area contributed by atoms with Crippen LogP contribution in [-0.4, -0.2) is 47.9 Å². The van der Waals surface area contributed by atoms with Crippen LogP contribution in [0.1, 0.15) is 5.56 Å². The first kappa shape index (κ1) is 26.1. The van der Waals surface area contributed by atoms with Crippen molar-refractivity contribution in [2.24, 2.45) is 5.10 Å². The van der Waals surface area contributed by atoms with Crippen LogP contribution in [0.2, 0.25) is 0 Å². The van der Waals surface area contributed by atoms with E-state index in [1.807, 2.05) is 6.07 Å². The summed E-state index contributed by atoms with van der Waals surface area (Å²) in [4.78, 5) is 12.8. The van der Waals surface area contributed by atoms with Crippen molar-refractivity contribution >= 4 is 27.8 Å². The zero-order valence-corrected chi connectivity index (χ0v) is 20.4. The second-order valence-electron chi connectivity index (χ2n) is 7.17. The van der Waals surface area contributed by atoms with Crippen molar-refractivity contribution in [3.63, 3.8) is 0 Å². The molecule has 1 N–H and O–H groups in total. The molecular formula is C25H24N4O6S. The van der Waals surface area contributed by atoms with Gasteiger partial charge in [-0.15, -0.1) is 0 Å². The third kappa shape index (κ3) is 6.52. The van der Waals surface area contributed by atoms with Crippen molar-refractivity contribution in [3.05, 3.63) is 78.4 Å². The second-order valence-corrected chi connectivity index (χ2v) is 9.03. The summed E-state index contributed by atoms with van der Waals surface area (Å²) in [6.07, 6.45) is 1.40. The molecule has 0 saturated carbocycles. The molecule has 0 radical (unpaired) electrons. The minimum absolute atomic E-state index is 0.0119. The average molecular weight is 509 g/mol. The molecule has 0 aliphatic heterocycles. The molecule has 0 saturated heterocycles. The topological polar surface area (TPSA) is 130 Å². The number of carbonyl (C=O) groups is 1. The van der Waals surface area contributed by atoms with E-state index in [0.717, 1.165) is 4.31 Å². The molecule has 186 valence electrons. The molecule has 0 bridgehead atoms. The Morgan fingerprint density at radius 3 is 2.36 bits per heavy atom. The van der Waals surface area contributed by atoms with Crippen molar-refractivity contribution in [2.45, 2.75) is 4.90 Å². The minimum Gasteiger partial charge on any atom is -0.497 e. The number of carbonyl (C=O) groups excluding carboxylic acids is 1. The summed E-state index contributed by atoms with van der Waals surface area (Å²) in [6, 6.07) is 21.0. The number of anilines is 1. The number of rotatable bonds is 11. The van der Waals surface area contributed by atoms with Crippen molar-refractivity contribution in [1.82, 2.24) is 5.43 Å². The zero-order chi connectivity index (χ0) is 26.0. The minimum atomic E-state index is -4.13. The summed E-state index contributed by atoms with van der Waals surface area (Å²) in [5.41, 5.74) is 3.17. The third-order valence-corrected chi connectivity index (χ3v) is 6.63. The van der Waals surface area contributed by atoms with Crippen LogP contribution in [0, 0.1) is 11.3 Å². The van der Waals surface area contributed by atoms with Crippen LogP contribution in [0.4, 0.5) is 5.69 Å². The van der Waals surface area contributed by atoms with Gasteiger partial charge in [0.25, 0.3) is 15.9 Å². The standard InChI is InChI=1S/C25H24N4O6S/c1-33-21-12-13-23(24(16-21)34-2)29(36(31,32)22-6-4-3-5-7-22)18-25(30)28-27-17-19-8-10-20(11-9-19)35-15-14-26/h3-13,16-17H,15,18H2,1-2H3,(H,28,30)/b27-17+. The Morgan fingerprint density at radius 2 is 1.72 bits per heavy atom. The maximum atomic E-state index is 13.5. The highest BCUT2D eigenvalue weighted by molar-refractivity contribution is 7.92. The molecule has 3 aromatic rings. The van der Waals surface area contributed by atoms with Crippen molar-refractivity contribution in [3.8, 4) is 23.3 Å². The Balaban J connectivity index is 1.82. The summed E-state index contributed by atoms with van der Waals surface area (Å²) in [5, 5.41) is 12.5. The number of benzene rings is 3. The van der Waals surface area contributed by atoms with E-state index in [1.54, 1.807) is 48.5 Å². The van der Waals surface area contributed by atoms with Crippen molar-refractivity contribution < 1.29 is 27.4 Å². The number of hydrazone groups is 1. The highest BCUT2D eigenvalue weighted by atomic mass is 32.2. The van der Waals surface area contributed by atoms with E-state index >= 15 is 0 Å². The lowest BCUT2D eigenvalue weighted by atomic mass is 10.2. The van der Waals surface area contributed by atoms with Crippen LogP contribution in [0.5, 0.6) is 17.2 Å². The van der Waals surface area contributed by atoms with Gasteiger partial charge >= 0.3 is 0 Å². The van der Waals surface area contributed by atoms with E-state index in [-0.39, 0.29) is 22.9 Å². The van der Waals surface area contributed by atoms with Gasteiger partial charge in [0, 0.05) is 6.07 Å². The predicted molar refractivity (Wildman–Crippen MR) is 134 cm³/mol. The van der Waals surface area contributed by atoms with Crippen LogP contribution >= 0.6 is 0 Å². The van der Waals surface area contributed by atoms with E-state index in [1.165, 1.54) is 44.7 Å². The Bertz CT molecular complexity index is 1350. The smallest absolute Gasteiger partial charge is 0.264 e. The van der Waals surface area contributed by atoms with Gasteiger partial charge in [0.15, 0.2) is 6.61 Å². The number of hydrogen-bond acceptors (Lipinski definition) is 8. The largest absolute Gasteiger partial charge is 0.497 e. The first-order chi connectivity index (χ1) is 17.4. The molecule has 0 spiro atoms. The highest BCUT2D eigenvalue weighted by Gasteiger charge is 2.29. The fourth-order valence-corrected chi connectivity index (χ4v) is 4.57. The Morgan fingerprint density at radius 1 is 1.03 bits per heavy atom. The molecule has 0 fully saturated rings. The number of hydrogen-bond donors (Lipinski definition) is 1. The van der Waals surface area contributed by atoms with Gasteiger partial charge in [-0.25, -0.2) is 13.8 Å². The molecule has 1 amide bonds. The first-order valence-electron chi connectivity index (χ1n) is 10.6. The summed E-state index contributed by atoms with van der Waals surface area (Å²) in [6.45, 7) is -0.622. The molecule has 11 heteroatoms. The van der Waals surface area contributed by atoms with E-state index in [0.29, 0.717) is 17.1 Å². The number of nitrogens with one attached hydrogen (secondary N) is 1. The number of nitriles is 1. The average Bonchev–Trinajstić information content (AvgIpc) is 2.91. The lowest BCUT2D eigenvalue weighted by Gasteiger charge is -2.25. The van der Waals surface area contributed by atoms with Crippen LogP contribution in [0.25, 0.3) is 0 Å². The molecule has 10 nitrogen and oxygen atoms in total. The van der Waals surface area contributed by atoms with Gasteiger partial charge in [0.1, 0.15) is 29.9 Å². The number of amides is 1.